The van der Waals surface area contributed by atoms with Crippen LogP contribution in [0.25, 0.3) is 6.08 Å². The van der Waals surface area contributed by atoms with Gasteiger partial charge in [-0.2, -0.15) is 0 Å². The van der Waals surface area contributed by atoms with Gasteiger partial charge in [0.15, 0.2) is 0 Å². The predicted molar refractivity (Wildman–Crippen MR) is 72.1 cm³/mol. The first-order valence-corrected chi connectivity index (χ1v) is 6.31. The summed E-state index contributed by atoms with van der Waals surface area (Å²) in [7, 11) is 0. The van der Waals surface area contributed by atoms with Crippen molar-refractivity contribution in [2.75, 3.05) is 0 Å². The molecule has 0 aromatic heterocycles. The van der Waals surface area contributed by atoms with Gasteiger partial charge in [-0.15, -0.1) is 0 Å². The van der Waals surface area contributed by atoms with Crippen molar-refractivity contribution in [3.05, 3.63) is 40.9 Å². The Hall–Kier alpha value is -0.790. The molecule has 2 unspecified atom stereocenters. The molecular weight excluding hydrogens is 255 g/mol. The molecule has 3 heteroatoms. The summed E-state index contributed by atoms with van der Waals surface area (Å²) in [5.74, 6) is 0.191. The lowest BCUT2D eigenvalue weighted by Crippen LogP contribution is -1.96. The number of rotatable bonds is 3. The molecule has 1 saturated carbocycles. The molecule has 17 heavy (non-hydrogen) atoms. The maximum Gasteiger partial charge on any atom is 0.225 e. The number of allylic oxidation sites excluding steroid dienone is 1. The van der Waals surface area contributed by atoms with Crippen LogP contribution in [-0.4, -0.2) is 5.24 Å². The summed E-state index contributed by atoms with van der Waals surface area (Å²) < 4.78 is 0. The van der Waals surface area contributed by atoms with E-state index < -0.39 is 0 Å². The van der Waals surface area contributed by atoms with Crippen LogP contribution < -0.4 is 0 Å². The standard InChI is InChI=1S/C14H14Cl2O/c1-14(2)11(12(14)13(16)17)8-5-9-3-6-10(15)7-4-9/h3-8,11-12H,1-2H3/b8-5+. The Kier molecular flexibility index (Phi) is 3.33. The monoisotopic (exact) mass is 268 g/mol. The SMILES string of the molecule is CC1(C)C(/C=C/c2ccc(Cl)cc2)C1C(=O)Cl. The second kappa shape index (κ2) is 4.47. The number of hydrogen-bond acceptors (Lipinski definition) is 1. The lowest BCUT2D eigenvalue weighted by molar-refractivity contribution is -0.113. The first kappa shape index (κ1) is 12.7. The highest BCUT2D eigenvalue weighted by Crippen LogP contribution is 2.60. The minimum atomic E-state index is -0.235. The third kappa shape index (κ3) is 2.56. The highest BCUT2D eigenvalue weighted by atomic mass is 35.5. The molecule has 0 saturated heterocycles. The third-order valence-electron chi connectivity index (χ3n) is 3.52. The second-order valence-electron chi connectivity index (χ2n) is 5.04. The van der Waals surface area contributed by atoms with Crippen molar-refractivity contribution < 1.29 is 4.79 Å². The van der Waals surface area contributed by atoms with Crippen molar-refractivity contribution in [2.45, 2.75) is 13.8 Å². The Balaban J connectivity index is 2.08. The molecular formula is C14H14Cl2O. The third-order valence-corrected chi connectivity index (χ3v) is 4.01. The molecule has 1 aromatic carbocycles. The van der Waals surface area contributed by atoms with E-state index in [0.717, 1.165) is 10.6 Å². The molecule has 0 spiro atoms. The number of halogens is 2. The fraction of sp³-hybridized carbons (Fsp3) is 0.357. The van der Waals surface area contributed by atoms with Gasteiger partial charge in [-0.3, -0.25) is 4.79 Å². The first-order valence-electron chi connectivity index (χ1n) is 5.56. The summed E-state index contributed by atoms with van der Waals surface area (Å²) in [6, 6.07) is 7.60. The Morgan fingerprint density at radius 2 is 1.88 bits per heavy atom. The number of carbonyl (C=O) groups excluding carboxylic acids is 1. The fourth-order valence-electron chi connectivity index (χ4n) is 2.26. The number of carbonyl (C=O) groups is 1. The molecule has 2 rings (SSSR count). The lowest BCUT2D eigenvalue weighted by Gasteiger charge is -1.97. The maximum atomic E-state index is 11.2. The topological polar surface area (TPSA) is 17.1 Å². The van der Waals surface area contributed by atoms with E-state index in [1.807, 2.05) is 30.3 Å². The van der Waals surface area contributed by atoms with E-state index in [-0.39, 0.29) is 22.5 Å². The van der Waals surface area contributed by atoms with Gasteiger partial charge in [-0.1, -0.05) is 49.7 Å². The van der Waals surface area contributed by atoms with Gasteiger partial charge in [0.1, 0.15) is 0 Å². The van der Waals surface area contributed by atoms with Crippen molar-refractivity contribution in [1.82, 2.24) is 0 Å². The van der Waals surface area contributed by atoms with Crippen LogP contribution >= 0.6 is 23.2 Å². The molecule has 1 nitrogen and oxygen atoms in total. The van der Waals surface area contributed by atoms with E-state index in [1.165, 1.54) is 0 Å². The van der Waals surface area contributed by atoms with E-state index in [1.54, 1.807) is 0 Å². The summed E-state index contributed by atoms with van der Waals surface area (Å²) in [5, 5.41) is 0.489. The van der Waals surface area contributed by atoms with Crippen molar-refractivity contribution in [2.24, 2.45) is 17.3 Å². The molecule has 0 heterocycles. The van der Waals surface area contributed by atoms with E-state index in [0.29, 0.717) is 0 Å². The van der Waals surface area contributed by atoms with Crippen molar-refractivity contribution in [3.63, 3.8) is 0 Å². The zero-order valence-corrected chi connectivity index (χ0v) is 11.3. The normalized spacial score (nSPS) is 26.1. The highest BCUT2D eigenvalue weighted by molar-refractivity contribution is 6.64. The largest absolute Gasteiger partial charge is 0.281 e. The summed E-state index contributed by atoms with van der Waals surface area (Å²) in [5.41, 5.74) is 1.07. The average Bonchev–Trinajstić information content (AvgIpc) is 2.80. The molecule has 0 radical (unpaired) electrons. The van der Waals surface area contributed by atoms with Gasteiger partial charge in [0, 0.05) is 10.9 Å². The zero-order chi connectivity index (χ0) is 12.6. The molecule has 0 bridgehead atoms. The van der Waals surface area contributed by atoms with Crippen molar-refractivity contribution in [1.29, 1.82) is 0 Å². The molecule has 0 amide bonds. The smallest absolute Gasteiger partial charge is 0.225 e. The van der Waals surface area contributed by atoms with Crippen LogP contribution in [0.5, 0.6) is 0 Å². The van der Waals surface area contributed by atoms with Gasteiger partial charge in [0.2, 0.25) is 5.24 Å². The Morgan fingerprint density at radius 3 is 2.35 bits per heavy atom. The Bertz CT molecular complexity index is 460. The quantitative estimate of drug-likeness (QED) is 0.744. The van der Waals surface area contributed by atoms with Gasteiger partial charge in [0.05, 0.1) is 0 Å². The maximum absolute atomic E-state index is 11.2. The van der Waals surface area contributed by atoms with Gasteiger partial charge in [-0.25, -0.2) is 0 Å². The van der Waals surface area contributed by atoms with Crippen LogP contribution in [0.15, 0.2) is 30.3 Å². The van der Waals surface area contributed by atoms with E-state index in [2.05, 4.69) is 19.9 Å². The lowest BCUT2D eigenvalue weighted by atomic mass is 10.1. The van der Waals surface area contributed by atoms with Gasteiger partial charge in [0.25, 0.3) is 0 Å². The molecule has 1 aliphatic rings. The molecule has 0 aliphatic heterocycles. The van der Waals surface area contributed by atoms with Crippen LogP contribution in [0.1, 0.15) is 19.4 Å². The highest BCUT2D eigenvalue weighted by Gasteiger charge is 2.59. The summed E-state index contributed by atoms with van der Waals surface area (Å²) >= 11 is 11.4. The average molecular weight is 269 g/mol. The molecule has 90 valence electrons. The van der Waals surface area contributed by atoms with Crippen LogP contribution in [0, 0.1) is 17.3 Å². The summed E-state index contributed by atoms with van der Waals surface area (Å²) in [6.45, 7) is 4.13. The second-order valence-corrected chi connectivity index (χ2v) is 5.85. The fourth-order valence-corrected chi connectivity index (χ4v) is 2.80. The van der Waals surface area contributed by atoms with Crippen LogP contribution in [0.3, 0.4) is 0 Å². The molecule has 0 N–H and O–H groups in total. The number of hydrogen-bond donors (Lipinski definition) is 0. The molecule has 1 aromatic rings. The molecule has 1 aliphatic carbocycles. The van der Waals surface area contributed by atoms with Crippen LogP contribution in [0.2, 0.25) is 5.02 Å². The van der Waals surface area contributed by atoms with Crippen LogP contribution in [-0.2, 0) is 4.79 Å². The van der Waals surface area contributed by atoms with Gasteiger partial charge < -0.3 is 0 Å². The first-order chi connectivity index (χ1) is 7.93. The molecule has 2 atom stereocenters. The number of benzene rings is 1. The Labute approximate surface area is 111 Å². The summed E-state index contributed by atoms with van der Waals surface area (Å²) in [6.07, 6.45) is 4.08. The van der Waals surface area contributed by atoms with E-state index >= 15 is 0 Å². The van der Waals surface area contributed by atoms with Gasteiger partial charge in [-0.05, 0) is 40.6 Å². The van der Waals surface area contributed by atoms with Crippen molar-refractivity contribution in [3.8, 4) is 0 Å². The predicted octanol–water partition coefficient (Wildman–Crippen LogP) is 4.39. The van der Waals surface area contributed by atoms with Crippen molar-refractivity contribution >= 4 is 34.5 Å². The summed E-state index contributed by atoms with van der Waals surface area (Å²) in [4.78, 5) is 11.2. The van der Waals surface area contributed by atoms with Gasteiger partial charge >= 0.3 is 0 Å². The Morgan fingerprint density at radius 1 is 1.29 bits per heavy atom. The van der Waals surface area contributed by atoms with E-state index in [4.69, 9.17) is 23.2 Å². The minimum Gasteiger partial charge on any atom is -0.281 e. The zero-order valence-electron chi connectivity index (χ0n) is 9.78. The van der Waals surface area contributed by atoms with Crippen LogP contribution in [0.4, 0.5) is 0 Å². The van der Waals surface area contributed by atoms with E-state index in [9.17, 15) is 4.79 Å². The minimum absolute atomic E-state index is 0.0121. The molecule has 1 fully saturated rings.